The smallest absolute Gasteiger partial charge is 0.142 e. The molecule has 0 heterocycles. The van der Waals surface area contributed by atoms with E-state index in [9.17, 15) is 9.50 Å². The van der Waals surface area contributed by atoms with Crippen LogP contribution in [0.3, 0.4) is 0 Å². The monoisotopic (exact) mass is 292 g/mol. The van der Waals surface area contributed by atoms with Crippen LogP contribution in [0.2, 0.25) is 5.02 Å². The Balaban J connectivity index is 2.18. The second kappa shape index (κ2) is 5.94. The number of aliphatic hydroxyl groups is 1. The Morgan fingerprint density at radius 1 is 1.15 bits per heavy atom. The standard InChI is InChI=1S/C17H18ClFO/c1-17(2,13-6-4-3-5-7-13)16(20)11-12-8-9-14(18)15(19)10-12/h3-10,16,20H,11H2,1-2H3. The van der Waals surface area contributed by atoms with E-state index in [1.807, 2.05) is 44.2 Å². The molecule has 0 radical (unpaired) electrons. The highest BCUT2D eigenvalue weighted by Gasteiger charge is 2.29. The third kappa shape index (κ3) is 3.20. The van der Waals surface area contributed by atoms with Crippen molar-refractivity contribution in [3.63, 3.8) is 0 Å². The second-order valence-electron chi connectivity index (χ2n) is 5.56. The molecule has 0 bridgehead atoms. The molecular weight excluding hydrogens is 275 g/mol. The highest BCUT2D eigenvalue weighted by molar-refractivity contribution is 6.30. The second-order valence-corrected chi connectivity index (χ2v) is 5.96. The van der Waals surface area contributed by atoms with Crippen LogP contribution in [0, 0.1) is 5.82 Å². The fourth-order valence-electron chi connectivity index (χ4n) is 2.21. The quantitative estimate of drug-likeness (QED) is 0.888. The lowest BCUT2D eigenvalue weighted by Crippen LogP contribution is -2.35. The van der Waals surface area contributed by atoms with Crippen molar-refractivity contribution in [1.82, 2.24) is 0 Å². The van der Waals surface area contributed by atoms with E-state index in [0.717, 1.165) is 11.1 Å². The summed E-state index contributed by atoms with van der Waals surface area (Å²) in [7, 11) is 0. The molecule has 106 valence electrons. The predicted molar refractivity (Wildman–Crippen MR) is 80.6 cm³/mol. The van der Waals surface area contributed by atoms with Crippen molar-refractivity contribution in [2.24, 2.45) is 0 Å². The summed E-state index contributed by atoms with van der Waals surface area (Å²) in [6.07, 6.45) is -0.221. The Hall–Kier alpha value is -1.38. The number of hydrogen-bond acceptors (Lipinski definition) is 1. The highest BCUT2D eigenvalue weighted by atomic mass is 35.5. The molecule has 0 saturated heterocycles. The first-order valence-corrected chi connectivity index (χ1v) is 6.96. The molecule has 0 aliphatic rings. The van der Waals surface area contributed by atoms with Crippen LogP contribution in [-0.2, 0) is 11.8 Å². The van der Waals surface area contributed by atoms with Gasteiger partial charge in [0.15, 0.2) is 0 Å². The predicted octanol–water partition coefficient (Wildman–Crippen LogP) is 4.36. The van der Waals surface area contributed by atoms with Crippen molar-refractivity contribution in [3.8, 4) is 0 Å². The Kier molecular flexibility index (Phi) is 4.46. The SMILES string of the molecule is CC(C)(c1ccccc1)C(O)Cc1ccc(Cl)c(F)c1. The molecule has 2 aromatic carbocycles. The number of halogens is 2. The fourth-order valence-corrected chi connectivity index (χ4v) is 2.32. The van der Waals surface area contributed by atoms with Crippen molar-refractivity contribution in [3.05, 3.63) is 70.5 Å². The molecular formula is C17H18ClFO. The lowest BCUT2D eigenvalue weighted by atomic mass is 9.77. The van der Waals surface area contributed by atoms with Gasteiger partial charge in [0, 0.05) is 5.41 Å². The zero-order valence-corrected chi connectivity index (χ0v) is 12.4. The van der Waals surface area contributed by atoms with Crippen LogP contribution < -0.4 is 0 Å². The van der Waals surface area contributed by atoms with Gasteiger partial charge in [-0.3, -0.25) is 0 Å². The van der Waals surface area contributed by atoms with E-state index in [-0.39, 0.29) is 5.02 Å². The first-order chi connectivity index (χ1) is 9.41. The summed E-state index contributed by atoms with van der Waals surface area (Å²) in [4.78, 5) is 0. The average molecular weight is 293 g/mol. The number of aliphatic hydroxyl groups excluding tert-OH is 1. The van der Waals surface area contributed by atoms with Crippen molar-refractivity contribution in [2.75, 3.05) is 0 Å². The van der Waals surface area contributed by atoms with Crippen LogP contribution in [-0.4, -0.2) is 11.2 Å². The molecule has 2 rings (SSSR count). The zero-order valence-electron chi connectivity index (χ0n) is 11.6. The highest BCUT2D eigenvalue weighted by Crippen LogP contribution is 2.29. The van der Waals surface area contributed by atoms with E-state index in [0.29, 0.717) is 6.42 Å². The third-order valence-corrected chi connectivity index (χ3v) is 4.07. The molecule has 2 aromatic rings. The van der Waals surface area contributed by atoms with Crippen LogP contribution in [0.15, 0.2) is 48.5 Å². The van der Waals surface area contributed by atoms with E-state index in [1.165, 1.54) is 12.1 Å². The molecule has 0 aromatic heterocycles. The summed E-state index contributed by atoms with van der Waals surface area (Å²) in [6.45, 7) is 3.97. The van der Waals surface area contributed by atoms with Gasteiger partial charge in [-0.25, -0.2) is 4.39 Å². The van der Waals surface area contributed by atoms with Crippen LogP contribution in [0.1, 0.15) is 25.0 Å². The maximum atomic E-state index is 13.4. The Bertz CT molecular complexity index is 581. The van der Waals surface area contributed by atoms with Gasteiger partial charge >= 0.3 is 0 Å². The van der Waals surface area contributed by atoms with E-state index < -0.39 is 17.3 Å². The first kappa shape index (κ1) is 15.0. The molecule has 3 heteroatoms. The van der Waals surface area contributed by atoms with Gasteiger partial charge in [-0.1, -0.05) is 61.8 Å². The molecule has 0 aliphatic heterocycles. The minimum absolute atomic E-state index is 0.102. The van der Waals surface area contributed by atoms with Gasteiger partial charge in [-0.15, -0.1) is 0 Å². The maximum Gasteiger partial charge on any atom is 0.142 e. The van der Waals surface area contributed by atoms with Crippen LogP contribution >= 0.6 is 11.6 Å². The molecule has 0 fully saturated rings. The average Bonchev–Trinajstić information content (AvgIpc) is 2.44. The van der Waals surface area contributed by atoms with Crippen molar-refractivity contribution >= 4 is 11.6 Å². The van der Waals surface area contributed by atoms with Crippen LogP contribution in [0.25, 0.3) is 0 Å². The molecule has 1 nitrogen and oxygen atoms in total. The summed E-state index contributed by atoms with van der Waals surface area (Å²) < 4.78 is 13.4. The topological polar surface area (TPSA) is 20.2 Å². The molecule has 0 amide bonds. The molecule has 0 saturated carbocycles. The van der Waals surface area contributed by atoms with Crippen LogP contribution in [0.5, 0.6) is 0 Å². The minimum atomic E-state index is -0.606. The zero-order chi connectivity index (χ0) is 14.8. The van der Waals surface area contributed by atoms with Gasteiger partial charge < -0.3 is 5.11 Å². The molecule has 0 aliphatic carbocycles. The molecule has 1 unspecified atom stereocenters. The number of hydrogen-bond donors (Lipinski definition) is 1. The summed E-state index contributed by atoms with van der Waals surface area (Å²) in [5.74, 6) is -0.450. The Morgan fingerprint density at radius 2 is 1.80 bits per heavy atom. The Labute approximate surface area is 124 Å². The van der Waals surface area contributed by atoms with E-state index in [1.54, 1.807) is 6.07 Å². The van der Waals surface area contributed by atoms with E-state index >= 15 is 0 Å². The van der Waals surface area contributed by atoms with Crippen LogP contribution in [0.4, 0.5) is 4.39 Å². The van der Waals surface area contributed by atoms with E-state index in [4.69, 9.17) is 11.6 Å². The van der Waals surface area contributed by atoms with Gasteiger partial charge in [0.05, 0.1) is 11.1 Å². The van der Waals surface area contributed by atoms with Gasteiger partial charge in [0.2, 0.25) is 0 Å². The van der Waals surface area contributed by atoms with Gasteiger partial charge in [0.25, 0.3) is 0 Å². The number of benzene rings is 2. The minimum Gasteiger partial charge on any atom is -0.392 e. The molecule has 0 spiro atoms. The third-order valence-electron chi connectivity index (χ3n) is 3.76. The van der Waals surface area contributed by atoms with Gasteiger partial charge in [-0.05, 0) is 29.7 Å². The lowest BCUT2D eigenvalue weighted by Gasteiger charge is -2.31. The summed E-state index contributed by atoms with van der Waals surface area (Å²) in [5.41, 5.74) is 1.39. The molecule has 1 atom stereocenters. The van der Waals surface area contributed by atoms with E-state index in [2.05, 4.69) is 0 Å². The molecule has 1 N–H and O–H groups in total. The van der Waals surface area contributed by atoms with Gasteiger partial charge in [-0.2, -0.15) is 0 Å². The Morgan fingerprint density at radius 3 is 2.40 bits per heavy atom. The van der Waals surface area contributed by atoms with Crippen molar-refractivity contribution in [2.45, 2.75) is 31.8 Å². The summed E-state index contributed by atoms with van der Waals surface area (Å²) >= 11 is 5.67. The lowest BCUT2D eigenvalue weighted by molar-refractivity contribution is 0.0999. The van der Waals surface area contributed by atoms with Gasteiger partial charge in [0.1, 0.15) is 5.82 Å². The fraction of sp³-hybridized carbons (Fsp3) is 0.294. The maximum absolute atomic E-state index is 13.4. The van der Waals surface area contributed by atoms with Crippen molar-refractivity contribution < 1.29 is 9.50 Å². The van der Waals surface area contributed by atoms with Crippen molar-refractivity contribution in [1.29, 1.82) is 0 Å². The summed E-state index contributed by atoms with van der Waals surface area (Å²) in [5, 5.41) is 10.6. The number of rotatable bonds is 4. The molecule has 20 heavy (non-hydrogen) atoms. The largest absolute Gasteiger partial charge is 0.392 e. The normalized spacial score (nSPS) is 13.2. The first-order valence-electron chi connectivity index (χ1n) is 6.59. The summed E-state index contributed by atoms with van der Waals surface area (Å²) in [6, 6.07) is 14.5.